The average molecular weight is 256 g/mol. The van der Waals surface area contributed by atoms with Gasteiger partial charge in [0.05, 0.1) is 0 Å². The van der Waals surface area contributed by atoms with Crippen molar-refractivity contribution >= 4 is 5.84 Å². The first-order chi connectivity index (χ1) is 8.45. The summed E-state index contributed by atoms with van der Waals surface area (Å²) in [7, 11) is 2.18. The van der Waals surface area contributed by atoms with Gasteiger partial charge >= 0.3 is 0 Å². The van der Waals surface area contributed by atoms with E-state index in [0.29, 0.717) is 5.84 Å². The average Bonchev–Trinajstić information content (AvgIpc) is 2.73. The summed E-state index contributed by atoms with van der Waals surface area (Å²) < 4.78 is 0. The second-order valence-electron chi connectivity index (χ2n) is 6.09. The molecule has 106 valence electrons. The zero-order chi connectivity index (χ0) is 13.6. The molecule has 0 amide bonds. The van der Waals surface area contributed by atoms with Gasteiger partial charge in [0.25, 0.3) is 0 Å². The fourth-order valence-corrected chi connectivity index (χ4v) is 2.42. The molecule has 1 atom stereocenters. The molecule has 1 aliphatic heterocycles. The summed E-state index contributed by atoms with van der Waals surface area (Å²) in [5.74, 6) is 1.12. The molecule has 0 aromatic heterocycles. The molecular weight excluding hydrogens is 228 g/mol. The maximum Gasteiger partial charge on any atom is 0.144 e. The van der Waals surface area contributed by atoms with Crippen molar-refractivity contribution < 1.29 is 5.21 Å². The summed E-state index contributed by atoms with van der Waals surface area (Å²) >= 11 is 0. The predicted octanol–water partition coefficient (Wildman–Crippen LogP) is 1.08. The van der Waals surface area contributed by atoms with E-state index in [4.69, 9.17) is 10.9 Å². The SMILES string of the molecule is CN1CCC(CNCCCC(C)(C)C(N)=NO)C1. The summed E-state index contributed by atoms with van der Waals surface area (Å²) in [5.41, 5.74) is 5.44. The Morgan fingerprint density at radius 2 is 2.28 bits per heavy atom. The minimum atomic E-state index is -0.218. The lowest BCUT2D eigenvalue weighted by Gasteiger charge is -2.22. The molecule has 0 aromatic rings. The van der Waals surface area contributed by atoms with Crippen molar-refractivity contribution in [3.8, 4) is 0 Å². The zero-order valence-corrected chi connectivity index (χ0v) is 11.9. The molecule has 1 rings (SSSR count). The van der Waals surface area contributed by atoms with Crippen LogP contribution in [0.15, 0.2) is 5.16 Å². The zero-order valence-electron chi connectivity index (χ0n) is 11.9. The molecule has 1 saturated heterocycles. The molecule has 0 radical (unpaired) electrons. The quantitative estimate of drug-likeness (QED) is 0.209. The van der Waals surface area contributed by atoms with Gasteiger partial charge < -0.3 is 21.2 Å². The molecule has 1 unspecified atom stereocenters. The van der Waals surface area contributed by atoms with Crippen LogP contribution in [-0.2, 0) is 0 Å². The number of hydrogen-bond donors (Lipinski definition) is 3. The molecule has 5 heteroatoms. The van der Waals surface area contributed by atoms with Crippen molar-refractivity contribution in [1.82, 2.24) is 10.2 Å². The highest BCUT2D eigenvalue weighted by molar-refractivity contribution is 5.85. The number of amidine groups is 1. The molecule has 0 aromatic carbocycles. The van der Waals surface area contributed by atoms with E-state index in [1.807, 2.05) is 13.8 Å². The molecule has 1 fully saturated rings. The summed E-state index contributed by atoms with van der Waals surface area (Å²) in [5, 5.41) is 15.3. The van der Waals surface area contributed by atoms with Gasteiger partial charge in [0.15, 0.2) is 0 Å². The smallest absolute Gasteiger partial charge is 0.144 e. The van der Waals surface area contributed by atoms with Gasteiger partial charge in [-0.3, -0.25) is 0 Å². The Kier molecular flexibility index (Phi) is 5.88. The monoisotopic (exact) mass is 256 g/mol. The van der Waals surface area contributed by atoms with E-state index in [1.165, 1.54) is 19.5 Å². The molecule has 5 nitrogen and oxygen atoms in total. The Bertz CT molecular complexity index is 278. The fourth-order valence-electron chi connectivity index (χ4n) is 2.42. The van der Waals surface area contributed by atoms with Crippen molar-refractivity contribution in [3.63, 3.8) is 0 Å². The fraction of sp³-hybridized carbons (Fsp3) is 0.923. The van der Waals surface area contributed by atoms with Crippen molar-refractivity contribution in [2.75, 3.05) is 33.2 Å². The minimum Gasteiger partial charge on any atom is -0.409 e. The van der Waals surface area contributed by atoms with Gasteiger partial charge in [0.1, 0.15) is 5.84 Å². The number of likely N-dealkylation sites (tertiary alicyclic amines) is 1. The molecule has 0 aliphatic carbocycles. The number of oxime groups is 1. The number of nitrogens with two attached hydrogens (primary N) is 1. The third kappa shape index (κ3) is 4.82. The largest absolute Gasteiger partial charge is 0.409 e. The van der Waals surface area contributed by atoms with Gasteiger partial charge in [-0.15, -0.1) is 0 Å². The van der Waals surface area contributed by atoms with Crippen LogP contribution in [-0.4, -0.2) is 49.2 Å². The maximum atomic E-state index is 8.68. The highest BCUT2D eigenvalue weighted by Gasteiger charge is 2.23. The Balaban J connectivity index is 2.08. The Morgan fingerprint density at radius 3 is 2.83 bits per heavy atom. The minimum absolute atomic E-state index is 0.218. The van der Waals surface area contributed by atoms with Crippen LogP contribution in [0.4, 0.5) is 0 Å². The highest BCUT2D eigenvalue weighted by Crippen LogP contribution is 2.22. The molecule has 1 heterocycles. The number of hydrogen-bond acceptors (Lipinski definition) is 4. The summed E-state index contributed by atoms with van der Waals surface area (Å²) in [4.78, 5) is 2.38. The van der Waals surface area contributed by atoms with E-state index in [1.54, 1.807) is 0 Å². The molecule has 4 N–H and O–H groups in total. The van der Waals surface area contributed by atoms with Gasteiger partial charge in [0.2, 0.25) is 0 Å². The van der Waals surface area contributed by atoms with Crippen LogP contribution in [0.5, 0.6) is 0 Å². The van der Waals surface area contributed by atoms with Gasteiger partial charge in [-0.1, -0.05) is 19.0 Å². The topological polar surface area (TPSA) is 73.9 Å². The number of nitrogens with zero attached hydrogens (tertiary/aromatic N) is 2. The Morgan fingerprint density at radius 1 is 1.56 bits per heavy atom. The van der Waals surface area contributed by atoms with Gasteiger partial charge in [-0.25, -0.2) is 0 Å². The van der Waals surface area contributed by atoms with Crippen LogP contribution in [0.2, 0.25) is 0 Å². The second-order valence-corrected chi connectivity index (χ2v) is 6.09. The van der Waals surface area contributed by atoms with E-state index >= 15 is 0 Å². The summed E-state index contributed by atoms with van der Waals surface area (Å²) in [6.45, 7) is 8.56. The van der Waals surface area contributed by atoms with Gasteiger partial charge in [-0.2, -0.15) is 0 Å². The van der Waals surface area contributed by atoms with E-state index in [0.717, 1.165) is 31.8 Å². The van der Waals surface area contributed by atoms with Gasteiger partial charge in [0, 0.05) is 12.0 Å². The maximum absolute atomic E-state index is 8.68. The Hall–Kier alpha value is -0.810. The van der Waals surface area contributed by atoms with Crippen LogP contribution in [0, 0.1) is 11.3 Å². The molecule has 0 bridgehead atoms. The van der Waals surface area contributed by atoms with E-state index in [-0.39, 0.29) is 5.41 Å². The third-order valence-corrected chi connectivity index (χ3v) is 3.88. The first-order valence-corrected chi connectivity index (χ1v) is 6.83. The Labute approximate surface area is 110 Å². The molecule has 0 saturated carbocycles. The van der Waals surface area contributed by atoms with Crippen LogP contribution >= 0.6 is 0 Å². The predicted molar refractivity (Wildman–Crippen MR) is 74.9 cm³/mol. The van der Waals surface area contributed by atoms with Crippen molar-refractivity contribution in [2.45, 2.75) is 33.1 Å². The molecular formula is C13H28N4O. The van der Waals surface area contributed by atoms with Crippen molar-refractivity contribution in [2.24, 2.45) is 22.2 Å². The lowest BCUT2D eigenvalue weighted by molar-refractivity contribution is 0.304. The highest BCUT2D eigenvalue weighted by atomic mass is 16.4. The number of nitrogens with one attached hydrogen (secondary N) is 1. The lowest BCUT2D eigenvalue weighted by Crippen LogP contribution is -2.33. The summed E-state index contributed by atoms with van der Waals surface area (Å²) in [6, 6.07) is 0. The van der Waals surface area contributed by atoms with Crippen molar-refractivity contribution in [1.29, 1.82) is 0 Å². The first kappa shape index (κ1) is 15.2. The van der Waals surface area contributed by atoms with Crippen LogP contribution in [0.3, 0.4) is 0 Å². The molecule has 1 aliphatic rings. The number of rotatable bonds is 7. The molecule has 18 heavy (non-hydrogen) atoms. The normalized spacial score (nSPS) is 22.6. The lowest BCUT2D eigenvalue weighted by atomic mass is 9.86. The van der Waals surface area contributed by atoms with Crippen molar-refractivity contribution in [3.05, 3.63) is 0 Å². The summed E-state index contributed by atoms with van der Waals surface area (Å²) in [6.07, 6.45) is 3.28. The molecule has 0 spiro atoms. The van der Waals surface area contributed by atoms with E-state index in [2.05, 4.69) is 22.4 Å². The van der Waals surface area contributed by atoms with Crippen LogP contribution in [0.1, 0.15) is 33.1 Å². The van der Waals surface area contributed by atoms with E-state index < -0.39 is 0 Å². The van der Waals surface area contributed by atoms with Gasteiger partial charge in [-0.05, 0) is 51.9 Å². The van der Waals surface area contributed by atoms with Crippen LogP contribution < -0.4 is 11.1 Å². The second kappa shape index (κ2) is 6.95. The standard InChI is InChI=1S/C13H28N4O/c1-13(2,12(14)16-18)6-4-7-15-9-11-5-8-17(3)10-11/h11,15,18H,4-10H2,1-3H3,(H2,14,16). The van der Waals surface area contributed by atoms with E-state index in [9.17, 15) is 0 Å². The first-order valence-electron chi connectivity index (χ1n) is 6.83. The third-order valence-electron chi connectivity index (χ3n) is 3.88. The van der Waals surface area contributed by atoms with Crippen LogP contribution in [0.25, 0.3) is 0 Å².